The first-order valence-corrected chi connectivity index (χ1v) is 5.12. The normalized spacial score (nSPS) is 11.7. The van der Waals surface area contributed by atoms with Crippen molar-refractivity contribution in [3.05, 3.63) is 30.4 Å². The average Bonchev–Trinajstić information content (AvgIpc) is 2.81. The minimum absolute atomic E-state index is 0.0347. The molecule has 94 valence electrons. The van der Waals surface area contributed by atoms with Crippen molar-refractivity contribution in [2.45, 2.75) is 0 Å². The highest BCUT2D eigenvalue weighted by molar-refractivity contribution is 6.01. The van der Waals surface area contributed by atoms with E-state index in [4.69, 9.17) is 10.9 Å². The van der Waals surface area contributed by atoms with Crippen LogP contribution < -0.4 is 5.73 Å². The molecular weight excluding hydrogens is 236 g/mol. The van der Waals surface area contributed by atoms with E-state index >= 15 is 0 Å². The van der Waals surface area contributed by atoms with Gasteiger partial charge in [-0.1, -0.05) is 5.16 Å². The Hall–Kier alpha value is -2.64. The summed E-state index contributed by atoms with van der Waals surface area (Å²) in [6, 6.07) is 0. The van der Waals surface area contributed by atoms with E-state index in [1.165, 1.54) is 11.1 Å². The topological polar surface area (TPSA) is 109 Å². The van der Waals surface area contributed by atoms with Crippen LogP contribution in [-0.2, 0) is 0 Å². The summed E-state index contributed by atoms with van der Waals surface area (Å²) in [4.78, 5) is 17.4. The van der Waals surface area contributed by atoms with Crippen LogP contribution in [0.4, 0.5) is 0 Å². The van der Waals surface area contributed by atoms with Gasteiger partial charge in [0, 0.05) is 19.4 Å². The van der Waals surface area contributed by atoms with Crippen molar-refractivity contribution in [1.29, 1.82) is 0 Å². The van der Waals surface area contributed by atoms with E-state index in [1.807, 2.05) is 0 Å². The maximum absolute atomic E-state index is 12.1. The molecule has 0 aliphatic heterocycles. The van der Waals surface area contributed by atoms with Gasteiger partial charge in [0.1, 0.15) is 0 Å². The van der Waals surface area contributed by atoms with Gasteiger partial charge in [-0.3, -0.25) is 9.78 Å². The molecule has 0 aromatic carbocycles. The highest BCUT2D eigenvalue weighted by Gasteiger charge is 2.17. The Morgan fingerprint density at radius 2 is 2.39 bits per heavy atom. The predicted octanol–water partition coefficient (Wildman–Crippen LogP) is -0.452. The molecule has 1 amide bonds. The first-order valence-electron chi connectivity index (χ1n) is 5.12. The third-order valence-electron chi connectivity index (χ3n) is 2.43. The summed E-state index contributed by atoms with van der Waals surface area (Å²) in [5, 5.41) is 15.3. The fourth-order valence-electron chi connectivity index (χ4n) is 1.55. The first kappa shape index (κ1) is 11.8. The van der Waals surface area contributed by atoms with Crippen molar-refractivity contribution in [2.75, 3.05) is 13.6 Å². The first-order chi connectivity index (χ1) is 8.63. The van der Waals surface area contributed by atoms with Crippen LogP contribution in [0.3, 0.4) is 0 Å². The van der Waals surface area contributed by atoms with Gasteiger partial charge in [0.25, 0.3) is 5.91 Å². The maximum atomic E-state index is 12.1. The molecule has 3 N–H and O–H groups in total. The zero-order valence-electron chi connectivity index (χ0n) is 9.69. The summed E-state index contributed by atoms with van der Waals surface area (Å²) in [5.74, 6) is -0.315. The number of nitrogens with zero attached hydrogens (tertiary/aromatic N) is 5. The van der Waals surface area contributed by atoms with Gasteiger partial charge in [0.2, 0.25) is 0 Å². The van der Waals surface area contributed by atoms with E-state index in [0.29, 0.717) is 11.1 Å². The maximum Gasteiger partial charge on any atom is 0.257 e. The predicted molar refractivity (Wildman–Crippen MR) is 63.4 cm³/mol. The van der Waals surface area contributed by atoms with Crippen LogP contribution in [0.25, 0.3) is 5.52 Å². The minimum Gasteiger partial charge on any atom is -0.409 e. The second-order valence-corrected chi connectivity index (χ2v) is 3.72. The van der Waals surface area contributed by atoms with Gasteiger partial charge in [-0.2, -0.15) is 5.10 Å². The van der Waals surface area contributed by atoms with Crippen LogP contribution in [0.1, 0.15) is 10.4 Å². The molecule has 0 saturated carbocycles. The van der Waals surface area contributed by atoms with Gasteiger partial charge < -0.3 is 15.8 Å². The fraction of sp³-hybridized carbons (Fsp3) is 0.200. The van der Waals surface area contributed by atoms with Crippen LogP contribution in [-0.4, -0.2) is 50.0 Å². The van der Waals surface area contributed by atoms with Crippen molar-refractivity contribution in [3.63, 3.8) is 0 Å². The zero-order valence-corrected chi connectivity index (χ0v) is 9.69. The molecule has 2 aromatic heterocycles. The number of amides is 1. The standard InChI is InChI=1S/C10H12N6O2/c1-15(6-9(11)14-18)10(17)7-4-13-16-3-2-12-5-8(7)16/h2-5,18H,6H2,1H3,(H2,11,14). The Kier molecular flexibility index (Phi) is 3.09. The van der Waals surface area contributed by atoms with Crippen molar-refractivity contribution < 1.29 is 10.0 Å². The Labute approximate surface area is 102 Å². The lowest BCUT2D eigenvalue weighted by molar-refractivity contribution is 0.0815. The molecule has 0 unspecified atom stereocenters. The van der Waals surface area contributed by atoms with Gasteiger partial charge in [-0.15, -0.1) is 0 Å². The number of hydrogen-bond acceptors (Lipinski definition) is 5. The molecule has 0 radical (unpaired) electrons. The molecule has 0 spiro atoms. The summed E-state index contributed by atoms with van der Waals surface area (Å²) in [7, 11) is 1.56. The molecule has 0 fully saturated rings. The summed E-state index contributed by atoms with van der Waals surface area (Å²) in [5.41, 5.74) is 6.37. The van der Waals surface area contributed by atoms with Gasteiger partial charge in [-0.05, 0) is 0 Å². The summed E-state index contributed by atoms with van der Waals surface area (Å²) in [6.07, 6.45) is 6.24. The van der Waals surface area contributed by atoms with E-state index in [1.54, 1.807) is 30.2 Å². The fourth-order valence-corrected chi connectivity index (χ4v) is 1.55. The lowest BCUT2D eigenvalue weighted by Crippen LogP contribution is -2.35. The van der Waals surface area contributed by atoms with E-state index in [2.05, 4.69) is 15.2 Å². The van der Waals surface area contributed by atoms with Crippen LogP contribution in [0, 0.1) is 0 Å². The Morgan fingerprint density at radius 1 is 1.61 bits per heavy atom. The van der Waals surface area contributed by atoms with Crippen LogP contribution in [0.5, 0.6) is 0 Å². The molecule has 8 nitrogen and oxygen atoms in total. The second kappa shape index (κ2) is 4.70. The third kappa shape index (κ3) is 2.08. The van der Waals surface area contributed by atoms with Crippen molar-refractivity contribution in [1.82, 2.24) is 19.5 Å². The number of likely N-dealkylation sites (N-methyl/N-ethyl adjacent to an activating group) is 1. The number of rotatable bonds is 3. The van der Waals surface area contributed by atoms with Gasteiger partial charge in [-0.25, -0.2) is 4.52 Å². The number of fused-ring (bicyclic) bond motifs is 1. The lowest BCUT2D eigenvalue weighted by atomic mass is 10.2. The number of aromatic nitrogens is 3. The minimum atomic E-state index is -0.274. The molecule has 18 heavy (non-hydrogen) atoms. The quantitative estimate of drug-likeness (QED) is 0.331. The van der Waals surface area contributed by atoms with Crippen LogP contribution in [0.2, 0.25) is 0 Å². The highest BCUT2D eigenvalue weighted by atomic mass is 16.4. The second-order valence-electron chi connectivity index (χ2n) is 3.72. The molecule has 0 saturated heterocycles. The number of carbonyl (C=O) groups is 1. The number of hydrogen-bond donors (Lipinski definition) is 2. The number of carbonyl (C=O) groups excluding carboxylic acids is 1. The molecular formula is C10H12N6O2. The number of oxime groups is 1. The number of amidine groups is 1. The van der Waals surface area contributed by atoms with Crippen LogP contribution >= 0.6 is 0 Å². The molecule has 2 aromatic rings. The Morgan fingerprint density at radius 3 is 3.11 bits per heavy atom. The van der Waals surface area contributed by atoms with Crippen molar-refractivity contribution in [2.24, 2.45) is 10.9 Å². The summed E-state index contributed by atoms with van der Waals surface area (Å²) < 4.78 is 1.55. The largest absolute Gasteiger partial charge is 0.409 e. The van der Waals surface area contributed by atoms with E-state index in [9.17, 15) is 4.79 Å². The molecule has 0 aliphatic rings. The molecule has 0 bridgehead atoms. The van der Waals surface area contributed by atoms with E-state index in [-0.39, 0.29) is 18.3 Å². The van der Waals surface area contributed by atoms with Gasteiger partial charge in [0.05, 0.1) is 30.0 Å². The summed E-state index contributed by atoms with van der Waals surface area (Å²) in [6.45, 7) is 0.0347. The molecule has 2 heterocycles. The molecule has 8 heteroatoms. The number of nitrogens with two attached hydrogens (primary N) is 1. The zero-order chi connectivity index (χ0) is 13.1. The van der Waals surface area contributed by atoms with Crippen LogP contribution in [0.15, 0.2) is 29.9 Å². The summed E-state index contributed by atoms with van der Waals surface area (Å²) >= 11 is 0. The van der Waals surface area contributed by atoms with Crippen molar-refractivity contribution >= 4 is 17.3 Å². The van der Waals surface area contributed by atoms with Crippen molar-refractivity contribution in [3.8, 4) is 0 Å². The Bertz CT molecular complexity index is 605. The van der Waals surface area contributed by atoms with Gasteiger partial charge in [0.15, 0.2) is 5.84 Å². The average molecular weight is 248 g/mol. The molecule has 2 rings (SSSR count). The monoisotopic (exact) mass is 248 g/mol. The highest BCUT2D eigenvalue weighted by Crippen LogP contribution is 2.10. The van der Waals surface area contributed by atoms with E-state index in [0.717, 1.165) is 0 Å². The lowest BCUT2D eigenvalue weighted by Gasteiger charge is -2.15. The Balaban J connectivity index is 2.28. The SMILES string of the molecule is CN(C/C(N)=N/O)C(=O)c1cnn2ccncc12. The third-order valence-corrected chi connectivity index (χ3v) is 2.43. The molecule has 0 atom stereocenters. The molecule has 0 aliphatic carbocycles. The smallest absolute Gasteiger partial charge is 0.257 e. The van der Waals surface area contributed by atoms with Gasteiger partial charge >= 0.3 is 0 Å². The van der Waals surface area contributed by atoms with E-state index < -0.39 is 0 Å².